The summed E-state index contributed by atoms with van der Waals surface area (Å²) in [6.45, 7) is 0.504. The zero-order valence-corrected chi connectivity index (χ0v) is 21.7. The van der Waals surface area contributed by atoms with Crippen molar-refractivity contribution in [3.63, 3.8) is 0 Å². The third kappa shape index (κ3) is 5.22. The number of hydrogen-bond donors (Lipinski definition) is 1. The highest BCUT2D eigenvalue weighted by atomic mass is 35.5. The summed E-state index contributed by atoms with van der Waals surface area (Å²) < 4.78 is 68.4. The van der Waals surface area contributed by atoms with Crippen molar-refractivity contribution >= 4 is 27.9 Å². The number of amides is 1. The van der Waals surface area contributed by atoms with E-state index in [4.69, 9.17) is 11.6 Å². The Morgan fingerprint density at radius 3 is 2.55 bits per heavy atom. The van der Waals surface area contributed by atoms with E-state index < -0.39 is 28.2 Å². The van der Waals surface area contributed by atoms with Crippen molar-refractivity contribution in [1.82, 2.24) is 24.4 Å². The Morgan fingerprint density at radius 2 is 1.84 bits per heavy atom. The Bertz CT molecular complexity index is 1390. The molecule has 2 atom stereocenters. The number of aryl methyl sites for hydroxylation is 1. The molecule has 38 heavy (non-hydrogen) atoms. The van der Waals surface area contributed by atoms with Gasteiger partial charge in [-0.3, -0.25) is 4.79 Å². The number of alkyl halides is 3. The van der Waals surface area contributed by atoms with E-state index in [-0.39, 0.29) is 41.4 Å². The summed E-state index contributed by atoms with van der Waals surface area (Å²) in [6.07, 6.45) is -2.40. The molecule has 8 nitrogen and oxygen atoms in total. The van der Waals surface area contributed by atoms with E-state index in [1.807, 2.05) is 4.57 Å². The molecule has 1 fully saturated rings. The number of nitrogens with zero attached hydrogens (tertiary/aromatic N) is 4. The summed E-state index contributed by atoms with van der Waals surface area (Å²) in [5.74, 6) is 0.892. The van der Waals surface area contributed by atoms with Gasteiger partial charge in [-0.1, -0.05) is 40.1 Å². The van der Waals surface area contributed by atoms with E-state index in [1.54, 1.807) is 18.2 Å². The first-order chi connectivity index (χ1) is 18.1. The van der Waals surface area contributed by atoms with E-state index in [9.17, 15) is 26.7 Å². The molecule has 0 spiro atoms. The summed E-state index contributed by atoms with van der Waals surface area (Å²) in [4.78, 5) is 13.1. The molecular formula is C25H25ClF3N5O3S. The molecule has 2 aliphatic rings. The van der Waals surface area contributed by atoms with Crippen LogP contribution in [0, 0.1) is 0 Å². The van der Waals surface area contributed by atoms with E-state index in [0.717, 1.165) is 12.1 Å². The van der Waals surface area contributed by atoms with Gasteiger partial charge in [-0.2, -0.15) is 13.2 Å². The predicted octanol–water partition coefficient (Wildman–Crippen LogP) is 4.54. The smallest absolute Gasteiger partial charge is 0.416 e. The Morgan fingerprint density at radius 1 is 1.11 bits per heavy atom. The Hall–Kier alpha value is -2.80. The van der Waals surface area contributed by atoms with Crippen LogP contribution >= 0.6 is 11.6 Å². The number of aromatic nitrogens is 3. The van der Waals surface area contributed by atoms with E-state index in [0.29, 0.717) is 42.9 Å². The average molecular weight is 568 g/mol. The van der Waals surface area contributed by atoms with Crippen LogP contribution in [0.1, 0.15) is 54.0 Å². The lowest BCUT2D eigenvalue weighted by Crippen LogP contribution is -2.42. The molecule has 1 amide bonds. The molecule has 2 aromatic carbocycles. The number of halogens is 4. The maximum atomic E-state index is 13.1. The fourth-order valence-electron chi connectivity index (χ4n) is 5.08. The van der Waals surface area contributed by atoms with Crippen LogP contribution in [0.4, 0.5) is 13.2 Å². The van der Waals surface area contributed by atoms with Gasteiger partial charge in [0.2, 0.25) is 5.91 Å². The molecular weight excluding hydrogens is 543 g/mol. The molecule has 2 unspecified atom stereocenters. The molecule has 2 aliphatic heterocycles. The Labute approximate surface area is 223 Å². The fraction of sp³-hybridized carbons (Fsp3) is 0.400. The summed E-state index contributed by atoms with van der Waals surface area (Å²) in [5, 5.41) is 11.5. The van der Waals surface area contributed by atoms with Crippen molar-refractivity contribution in [2.75, 3.05) is 13.1 Å². The molecule has 13 heteroatoms. The molecule has 3 aromatic rings. The number of carbonyl (C=O) groups is 1. The second-order valence-corrected chi connectivity index (χ2v) is 11.7. The van der Waals surface area contributed by atoms with Gasteiger partial charge >= 0.3 is 6.18 Å². The number of carbonyl (C=O) groups excluding carboxylic acids is 1. The highest BCUT2D eigenvalue weighted by molar-refractivity contribution is 7.95. The monoisotopic (exact) mass is 567 g/mol. The summed E-state index contributed by atoms with van der Waals surface area (Å²) in [7, 11) is -3.74. The van der Waals surface area contributed by atoms with Gasteiger partial charge in [-0.25, -0.2) is 0 Å². The molecule has 202 valence electrons. The second-order valence-electron chi connectivity index (χ2n) is 9.42. The van der Waals surface area contributed by atoms with Gasteiger partial charge in [0.1, 0.15) is 17.7 Å². The number of hydrogen-bond acceptors (Lipinski definition) is 5. The molecule has 1 aromatic heterocycles. The Kier molecular flexibility index (Phi) is 7.33. The molecule has 1 N–H and O–H groups in total. The fourth-order valence-corrected chi connectivity index (χ4v) is 7.04. The Balaban J connectivity index is 1.25. The maximum Gasteiger partial charge on any atom is 0.416 e. The van der Waals surface area contributed by atoms with Crippen LogP contribution < -0.4 is 5.32 Å². The minimum atomic E-state index is -4.46. The van der Waals surface area contributed by atoms with Gasteiger partial charge in [-0.15, -0.1) is 14.5 Å². The van der Waals surface area contributed by atoms with Crippen molar-refractivity contribution in [2.24, 2.45) is 0 Å². The van der Waals surface area contributed by atoms with E-state index >= 15 is 0 Å². The first-order valence-corrected chi connectivity index (χ1v) is 14.0. The van der Waals surface area contributed by atoms with Crippen molar-refractivity contribution in [3.05, 3.63) is 76.3 Å². The number of fused-ring (bicyclic) bond motifs is 1. The van der Waals surface area contributed by atoms with Crippen LogP contribution in [0.25, 0.3) is 0 Å². The third-order valence-electron chi connectivity index (χ3n) is 7.04. The van der Waals surface area contributed by atoms with Crippen LogP contribution in [-0.4, -0.2) is 42.6 Å². The van der Waals surface area contributed by atoms with Crippen LogP contribution in [0.3, 0.4) is 0 Å². The minimum Gasteiger partial charge on any atom is -0.593 e. The molecule has 0 bridgehead atoms. The van der Waals surface area contributed by atoms with Crippen LogP contribution in [0.5, 0.6) is 0 Å². The maximum absolute atomic E-state index is 13.1. The van der Waals surface area contributed by atoms with Gasteiger partial charge in [0.05, 0.1) is 10.6 Å². The molecule has 0 radical (unpaired) electrons. The van der Waals surface area contributed by atoms with Gasteiger partial charge in [0, 0.05) is 32.0 Å². The lowest BCUT2D eigenvalue weighted by Gasteiger charge is -2.33. The SMILES string of the molecule is O=C(NCc1cccc(C(F)(F)F)c1)C1CCc2nnc(C3CCN([S+](=O)([O-])c4ccccc4Cl)CC3)n21. The first-order valence-electron chi connectivity index (χ1n) is 12.2. The number of benzene rings is 2. The molecule has 1 saturated heterocycles. The first kappa shape index (κ1) is 26.8. The highest BCUT2D eigenvalue weighted by Gasteiger charge is 2.40. The quantitative estimate of drug-likeness (QED) is 0.441. The van der Waals surface area contributed by atoms with Crippen LogP contribution in [0.2, 0.25) is 5.02 Å². The average Bonchev–Trinajstić information content (AvgIpc) is 3.50. The zero-order chi connectivity index (χ0) is 27.1. The molecule has 3 heterocycles. The molecule has 0 aliphatic carbocycles. The van der Waals surface area contributed by atoms with Crippen molar-refractivity contribution < 1.29 is 26.7 Å². The lowest BCUT2D eigenvalue weighted by molar-refractivity contribution is -0.137. The number of nitrogens with one attached hydrogen (secondary N) is 1. The number of sulfonamides is 1. The molecule has 0 saturated carbocycles. The third-order valence-corrected chi connectivity index (χ3v) is 9.44. The lowest BCUT2D eigenvalue weighted by atomic mass is 9.97. The topological polar surface area (TPSA) is 103 Å². The minimum absolute atomic E-state index is 0.0374. The van der Waals surface area contributed by atoms with Crippen molar-refractivity contribution in [2.45, 2.75) is 55.3 Å². The normalized spacial score (nSPS) is 20.2. The van der Waals surface area contributed by atoms with E-state index in [2.05, 4.69) is 15.5 Å². The van der Waals surface area contributed by atoms with Crippen LogP contribution in [0.15, 0.2) is 53.4 Å². The number of piperidine rings is 1. The summed E-state index contributed by atoms with van der Waals surface area (Å²) >= 11 is 6.12. The van der Waals surface area contributed by atoms with Gasteiger partial charge in [0.15, 0.2) is 15.3 Å². The standard InChI is InChI=1S/C25H25ClF3N5O3S/c26-19-6-1-2-7-21(19)38(36,37)33-12-10-17(11-13-33)23-32-31-22-9-8-20(34(22)23)24(35)30-15-16-4-3-5-18(14-16)25(27,28)29/h1-7,14,17,20H,8-13,15H2,(H-,30,35,36,37). The second kappa shape index (κ2) is 10.4. The largest absolute Gasteiger partial charge is 0.593 e. The number of rotatable bonds is 6. The predicted molar refractivity (Wildman–Crippen MR) is 133 cm³/mol. The van der Waals surface area contributed by atoms with Crippen molar-refractivity contribution in [1.29, 1.82) is 0 Å². The van der Waals surface area contributed by atoms with Gasteiger partial charge in [-0.05, 0) is 49.1 Å². The van der Waals surface area contributed by atoms with Crippen LogP contribution in [-0.2, 0) is 38.5 Å². The summed E-state index contributed by atoms with van der Waals surface area (Å²) in [5.41, 5.74) is -0.418. The van der Waals surface area contributed by atoms with Crippen molar-refractivity contribution in [3.8, 4) is 0 Å². The molecule has 5 rings (SSSR count). The zero-order valence-electron chi connectivity index (χ0n) is 20.2. The van der Waals surface area contributed by atoms with E-state index in [1.165, 1.54) is 22.5 Å². The highest BCUT2D eigenvalue weighted by Crippen LogP contribution is 2.37. The summed E-state index contributed by atoms with van der Waals surface area (Å²) in [6, 6.07) is 10.6. The van der Waals surface area contributed by atoms with Gasteiger partial charge in [0.25, 0.3) is 0 Å². The van der Waals surface area contributed by atoms with Gasteiger partial charge < -0.3 is 14.4 Å².